The van der Waals surface area contributed by atoms with Crippen molar-refractivity contribution in [3.05, 3.63) is 23.5 Å². The van der Waals surface area contributed by atoms with Crippen LogP contribution in [0.1, 0.15) is 26.2 Å². The highest BCUT2D eigenvalue weighted by atomic mass is 16.1. The van der Waals surface area contributed by atoms with Crippen LogP contribution in [0.25, 0.3) is 0 Å². The molecule has 1 fully saturated rings. The molecule has 4 nitrogen and oxygen atoms in total. The van der Waals surface area contributed by atoms with Gasteiger partial charge in [-0.05, 0) is 19.3 Å². The molecule has 92 valence electrons. The van der Waals surface area contributed by atoms with Gasteiger partial charge < -0.3 is 10.6 Å². The highest BCUT2D eigenvalue weighted by Crippen LogP contribution is 2.41. The highest BCUT2D eigenvalue weighted by Gasteiger charge is 2.40. The molecule has 0 aromatic heterocycles. The highest BCUT2D eigenvalue weighted by molar-refractivity contribution is 5.75. The molecule has 3 N–H and O–H groups in total. The van der Waals surface area contributed by atoms with Crippen molar-refractivity contribution in [1.29, 1.82) is 0 Å². The minimum absolute atomic E-state index is 0.0440. The molecule has 0 radical (unpaired) electrons. The summed E-state index contributed by atoms with van der Waals surface area (Å²) < 4.78 is 0. The van der Waals surface area contributed by atoms with Crippen molar-refractivity contribution >= 4 is 5.91 Å². The molecule has 1 aliphatic heterocycles. The number of carbonyl (C=O) groups excluding carboxylic acids is 1. The molecule has 4 heteroatoms. The Hall–Kier alpha value is -1.29. The van der Waals surface area contributed by atoms with E-state index in [2.05, 4.69) is 28.1 Å². The van der Waals surface area contributed by atoms with E-state index in [1.165, 1.54) is 5.70 Å². The molecule has 0 bridgehead atoms. The maximum atomic E-state index is 11.2. The molecular formula is C13H19N3O. The lowest BCUT2D eigenvalue weighted by atomic mass is 9.70. The Morgan fingerprint density at radius 2 is 2.35 bits per heavy atom. The van der Waals surface area contributed by atoms with Gasteiger partial charge in [-0.15, -0.1) is 0 Å². The van der Waals surface area contributed by atoms with E-state index in [0.29, 0.717) is 17.9 Å². The summed E-state index contributed by atoms with van der Waals surface area (Å²) in [5, 5.41) is 9.96. The van der Waals surface area contributed by atoms with Crippen LogP contribution in [0.15, 0.2) is 23.5 Å². The van der Waals surface area contributed by atoms with Crippen molar-refractivity contribution in [3.63, 3.8) is 0 Å². The molecule has 17 heavy (non-hydrogen) atoms. The molecule has 0 aromatic rings. The fourth-order valence-electron chi connectivity index (χ4n) is 3.38. The summed E-state index contributed by atoms with van der Waals surface area (Å²) in [6, 6.07) is 0.533. The molecule has 3 rings (SSSR count). The third kappa shape index (κ3) is 1.86. The second-order valence-corrected chi connectivity index (χ2v) is 5.11. The average molecular weight is 233 g/mol. The first-order valence-corrected chi connectivity index (χ1v) is 6.40. The second kappa shape index (κ2) is 4.18. The second-order valence-electron chi connectivity index (χ2n) is 5.11. The first-order valence-electron chi connectivity index (χ1n) is 6.40. The van der Waals surface area contributed by atoms with Gasteiger partial charge in [-0.2, -0.15) is 0 Å². The lowest BCUT2D eigenvalue weighted by molar-refractivity contribution is -0.118. The Morgan fingerprint density at radius 3 is 3.18 bits per heavy atom. The van der Waals surface area contributed by atoms with Crippen molar-refractivity contribution in [2.75, 3.05) is 6.67 Å². The maximum absolute atomic E-state index is 11.2. The van der Waals surface area contributed by atoms with Gasteiger partial charge in [0.25, 0.3) is 0 Å². The minimum Gasteiger partial charge on any atom is -0.376 e. The van der Waals surface area contributed by atoms with Gasteiger partial charge in [0.15, 0.2) is 0 Å². The third-order valence-electron chi connectivity index (χ3n) is 4.04. The molecule has 3 aliphatic rings. The van der Waals surface area contributed by atoms with Gasteiger partial charge in [-0.1, -0.05) is 12.2 Å². The lowest BCUT2D eigenvalue weighted by Crippen LogP contribution is -2.55. The van der Waals surface area contributed by atoms with Gasteiger partial charge >= 0.3 is 0 Å². The molecule has 0 saturated carbocycles. The van der Waals surface area contributed by atoms with Crippen molar-refractivity contribution in [1.82, 2.24) is 16.0 Å². The topological polar surface area (TPSA) is 53.2 Å². The van der Waals surface area contributed by atoms with E-state index in [0.717, 1.165) is 31.6 Å². The predicted octanol–water partition coefficient (Wildman–Crippen LogP) is 0.839. The molecule has 0 spiro atoms. The predicted molar refractivity (Wildman–Crippen MR) is 65.7 cm³/mol. The van der Waals surface area contributed by atoms with E-state index in [9.17, 15) is 4.79 Å². The summed E-state index contributed by atoms with van der Waals surface area (Å²) in [6.07, 6.45) is 7.78. The number of carbonyl (C=O) groups is 1. The standard InChI is InChI=1S/C13H19N3O/c1-8(17)16-10-5-6-12-13-9(10)3-2-4-11(13)14-7-15-12/h4-5,9,12-15H,2-3,6-7H2,1H3,(H,16,17). The van der Waals surface area contributed by atoms with Gasteiger partial charge in [0.1, 0.15) is 0 Å². The number of hydrogen-bond acceptors (Lipinski definition) is 3. The molecule has 1 saturated heterocycles. The zero-order chi connectivity index (χ0) is 11.8. The lowest BCUT2D eigenvalue weighted by Gasteiger charge is -2.45. The van der Waals surface area contributed by atoms with E-state index in [1.54, 1.807) is 6.92 Å². The summed E-state index contributed by atoms with van der Waals surface area (Å²) in [5.41, 5.74) is 2.51. The van der Waals surface area contributed by atoms with Crippen LogP contribution in [0.5, 0.6) is 0 Å². The Bertz CT molecular complexity index is 399. The number of rotatable bonds is 1. The molecule has 2 aliphatic carbocycles. The summed E-state index contributed by atoms with van der Waals surface area (Å²) in [6.45, 7) is 2.45. The molecule has 0 aromatic carbocycles. The van der Waals surface area contributed by atoms with Crippen LogP contribution in [0.3, 0.4) is 0 Å². The van der Waals surface area contributed by atoms with Crippen LogP contribution in [-0.4, -0.2) is 18.6 Å². The van der Waals surface area contributed by atoms with Crippen molar-refractivity contribution in [3.8, 4) is 0 Å². The van der Waals surface area contributed by atoms with E-state index < -0.39 is 0 Å². The smallest absolute Gasteiger partial charge is 0.220 e. The molecule has 1 amide bonds. The van der Waals surface area contributed by atoms with E-state index in [1.807, 2.05) is 0 Å². The van der Waals surface area contributed by atoms with E-state index in [4.69, 9.17) is 0 Å². The maximum Gasteiger partial charge on any atom is 0.220 e. The zero-order valence-corrected chi connectivity index (χ0v) is 10.1. The fourth-order valence-corrected chi connectivity index (χ4v) is 3.38. The van der Waals surface area contributed by atoms with Crippen molar-refractivity contribution in [2.24, 2.45) is 11.8 Å². The Kier molecular flexibility index (Phi) is 2.67. The van der Waals surface area contributed by atoms with Crippen LogP contribution in [0.4, 0.5) is 0 Å². The number of amides is 1. The summed E-state index contributed by atoms with van der Waals surface area (Å²) in [7, 11) is 0. The fraction of sp³-hybridized carbons (Fsp3) is 0.615. The first-order chi connectivity index (χ1) is 8.25. The molecule has 3 atom stereocenters. The molecule has 1 heterocycles. The van der Waals surface area contributed by atoms with Gasteiger partial charge in [-0.3, -0.25) is 10.1 Å². The quantitative estimate of drug-likeness (QED) is 0.629. The van der Waals surface area contributed by atoms with Gasteiger partial charge in [-0.25, -0.2) is 0 Å². The molecular weight excluding hydrogens is 214 g/mol. The third-order valence-corrected chi connectivity index (χ3v) is 4.04. The Morgan fingerprint density at radius 1 is 1.47 bits per heavy atom. The minimum atomic E-state index is 0.0440. The van der Waals surface area contributed by atoms with Gasteiger partial charge in [0.2, 0.25) is 5.91 Å². The largest absolute Gasteiger partial charge is 0.376 e. The number of hydrogen-bond donors (Lipinski definition) is 3. The van der Waals surface area contributed by atoms with Crippen LogP contribution in [0.2, 0.25) is 0 Å². The normalized spacial score (nSPS) is 35.0. The monoisotopic (exact) mass is 233 g/mol. The van der Waals surface area contributed by atoms with Crippen LogP contribution < -0.4 is 16.0 Å². The van der Waals surface area contributed by atoms with E-state index >= 15 is 0 Å². The van der Waals surface area contributed by atoms with Crippen molar-refractivity contribution < 1.29 is 4.79 Å². The van der Waals surface area contributed by atoms with Crippen LogP contribution in [0, 0.1) is 11.8 Å². The van der Waals surface area contributed by atoms with Gasteiger partial charge in [0.05, 0.1) is 6.67 Å². The Labute approximate surface area is 102 Å². The number of allylic oxidation sites excluding steroid dienone is 2. The van der Waals surface area contributed by atoms with Crippen molar-refractivity contribution in [2.45, 2.75) is 32.2 Å². The summed E-state index contributed by atoms with van der Waals surface area (Å²) in [4.78, 5) is 11.2. The summed E-state index contributed by atoms with van der Waals surface area (Å²) in [5.74, 6) is 1.03. The average Bonchev–Trinajstić information content (AvgIpc) is 2.33. The molecule has 3 unspecified atom stereocenters. The SMILES string of the molecule is CC(=O)NC1=CCC2NCNC3=CCCC1C32. The van der Waals surface area contributed by atoms with Crippen LogP contribution in [-0.2, 0) is 4.79 Å². The number of nitrogens with one attached hydrogen (secondary N) is 3. The Balaban J connectivity index is 1.89. The summed E-state index contributed by atoms with van der Waals surface area (Å²) >= 11 is 0. The van der Waals surface area contributed by atoms with Gasteiger partial charge in [0, 0.05) is 36.2 Å². The zero-order valence-electron chi connectivity index (χ0n) is 10.1. The first kappa shape index (κ1) is 10.8. The van der Waals surface area contributed by atoms with E-state index in [-0.39, 0.29) is 5.91 Å². The van der Waals surface area contributed by atoms with Crippen LogP contribution >= 0.6 is 0 Å².